The van der Waals surface area contributed by atoms with Crippen LogP contribution in [0.25, 0.3) is 11.1 Å². The van der Waals surface area contributed by atoms with Crippen molar-refractivity contribution in [2.24, 2.45) is 0 Å². The minimum atomic E-state index is -1.05. The average molecular weight is 499 g/mol. The topological polar surface area (TPSA) is 105 Å². The largest absolute Gasteiger partial charge is 0.480 e. The highest BCUT2D eigenvalue weighted by Crippen LogP contribution is 2.44. The molecule has 1 unspecified atom stereocenters. The molecular formula is C26H30N2O6S. The van der Waals surface area contributed by atoms with Gasteiger partial charge >= 0.3 is 12.1 Å². The number of fused-ring (bicyclic) bond motifs is 3. The summed E-state index contributed by atoms with van der Waals surface area (Å²) in [6.07, 6.45) is 1.78. The summed E-state index contributed by atoms with van der Waals surface area (Å²) in [4.78, 5) is 38.1. The fraction of sp³-hybridized carbons (Fsp3) is 0.423. The van der Waals surface area contributed by atoms with Crippen LogP contribution in [0.15, 0.2) is 48.5 Å². The predicted octanol–water partition coefficient (Wildman–Crippen LogP) is 3.35. The quantitative estimate of drug-likeness (QED) is 0.518. The Morgan fingerprint density at radius 1 is 1.11 bits per heavy atom. The number of likely N-dealkylation sites (tertiary alicyclic amines) is 1. The molecule has 9 heteroatoms. The molecule has 1 atom stereocenters. The second-order valence-corrected chi connectivity index (χ2v) is 10.1. The van der Waals surface area contributed by atoms with Gasteiger partial charge in [0.05, 0.1) is 13.1 Å². The zero-order valence-corrected chi connectivity index (χ0v) is 20.7. The van der Waals surface area contributed by atoms with Gasteiger partial charge in [-0.25, -0.2) is 9.59 Å². The lowest BCUT2D eigenvalue weighted by molar-refractivity contribution is -0.174. The van der Waals surface area contributed by atoms with E-state index in [1.807, 2.05) is 30.5 Å². The van der Waals surface area contributed by atoms with Gasteiger partial charge in [0.2, 0.25) is 5.91 Å². The van der Waals surface area contributed by atoms with E-state index in [-0.39, 0.29) is 31.5 Å². The number of hydrogen-bond donors (Lipinski definition) is 2. The molecule has 4 rings (SSSR count). The maximum atomic E-state index is 13.1. The second kappa shape index (κ2) is 10.7. The number of nitrogens with zero attached hydrogens (tertiary/aromatic N) is 1. The lowest BCUT2D eigenvalue weighted by atomic mass is 9.95. The summed E-state index contributed by atoms with van der Waals surface area (Å²) in [6.45, 7) is 2.10. The molecule has 2 N–H and O–H groups in total. The van der Waals surface area contributed by atoms with Crippen LogP contribution in [-0.2, 0) is 19.1 Å². The van der Waals surface area contributed by atoms with Crippen molar-refractivity contribution in [3.8, 4) is 11.1 Å². The Morgan fingerprint density at radius 3 is 2.29 bits per heavy atom. The molecule has 1 aliphatic heterocycles. The van der Waals surface area contributed by atoms with Gasteiger partial charge in [0.1, 0.15) is 24.9 Å². The summed E-state index contributed by atoms with van der Waals surface area (Å²) in [7, 11) is 0. The number of alkyl carbamates (subject to hydrolysis) is 1. The van der Waals surface area contributed by atoms with E-state index in [0.717, 1.165) is 22.3 Å². The van der Waals surface area contributed by atoms with E-state index >= 15 is 0 Å². The van der Waals surface area contributed by atoms with Crippen LogP contribution in [-0.4, -0.2) is 77.9 Å². The van der Waals surface area contributed by atoms with Crippen molar-refractivity contribution < 1.29 is 29.0 Å². The van der Waals surface area contributed by atoms with Crippen LogP contribution in [0, 0.1) is 0 Å². The number of carbonyl (C=O) groups is 3. The normalized spacial score (nSPS) is 16.6. The monoisotopic (exact) mass is 498 g/mol. The molecule has 0 radical (unpaired) electrons. The number of ether oxygens (including phenoxy) is 2. The van der Waals surface area contributed by atoms with Crippen LogP contribution in [0.2, 0.25) is 0 Å². The van der Waals surface area contributed by atoms with Gasteiger partial charge in [0.25, 0.3) is 0 Å². The highest BCUT2D eigenvalue weighted by molar-refractivity contribution is 7.98. The Morgan fingerprint density at radius 2 is 1.71 bits per heavy atom. The minimum Gasteiger partial charge on any atom is -0.480 e. The minimum absolute atomic E-state index is 0.0593. The van der Waals surface area contributed by atoms with Crippen molar-refractivity contribution in [1.29, 1.82) is 0 Å². The van der Waals surface area contributed by atoms with Crippen LogP contribution in [0.5, 0.6) is 0 Å². The number of carboxylic acids is 1. The number of rotatable bonds is 10. The molecule has 8 nitrogen and oxygen atoms in total. The first-order valence-corrected chi connectivity index (χ1v) is 13.0. The van der Waals surface area contributed by atoms with Crippen LogP contribution in [0.3, 0.4) is 0 Å². The third-order valence-electron chi connectivity index (χ3n) is 6.45. The van der Waals surface area contributed by atoms with Crippen molar-refractivity contribution in [2.75, 3.05) is 38.3 Å². The summed E-state index contributed by atoms with van der Waals surface area (Å²) < 4.78 is 11.0. The van der Waals surface area contributed by atoms with E-state index in [0.29, 0.717) is 12.2 Å². The Labute approximate surface area is 209 Å². The van der Waals surface area contributed by atoms with Gasteiger partial charge in [-0.2, -0.15) is 11.8 Å². The van der Waals surface area contributed by atoms with E-state index in [1.165, 1.54) is 0 Å². The number of nitrogens with one attached hydrogen (secondary N) is 1. The molecule has 1 saturated heterocycles. The fourth-order valence-electron chi connectivity index (χ4n) is 4.74. The Balaban J connectivity index is 1.36. The van der Waals surface area contributed by atoms with E-state index < -0.39 is 30.3 Å². The number of thioether (sulfide) groups is 1. The number of benzene rings is 2. The lowest BCUT2D eigenvalue weighted by Gasteiger charge is -2.48. The molecule has 35 heavy (non-hydrogen) atoms. The molecular weight excluding hydrogens is 468 g/mol. The smallest absolute Gasteiger partial charge is 0.407 e. The SMILES string of the molecule is CSCCC(NC(=O)OCC1c2ccccc2-c2ccccc21)C(=O)N1CC(C)(OCC(=O)O)C1. The van der Waals surface area contributed by atoms with Crippen LogP contribution in [0.4, 0.5) is 4.79 Å². The molecule has 1 heterocycles. The third-order valence-corrected chi connectivity index (χ3v) is 7.09. The van der Waals surface area contributed by atoms with E-state index in [4.69, 9.17) is 14.6 Å². The van der Waals surface area contributed by atoms with Gasteiger partial charge in [-0.05, 0) is 47.6 Å². The highest BCUT2D eigenvalue weighted by Gasteiger charge is 2.44. The molecule has 1 aliphatic carbocycles. The van der Waals surface area contributed by atoms with Crippen molar-refractivity contribution in [3.05, 3.63) is 59.7 Å². The molecule has 186 valence electrons. The maximum absolute atomic E-state index is 13.1. The summed E-state index contributed by atoms with van der Waals surface area (Å²) in [6, 6.07) is 15.5. The Kier molecular flexibility index (Phi) is 7.66. The lowest BCUT2D eigenvalue weighted by Crippen LogP contribution is -2.66. The van der Waals surface area contributed by atoms with E-state index in [9.17, 15) is 14.4 Å². The fourth-order valence-corrected chi connectivity index (χ4v) is 5.21. The van der Waals surface area contributed by atoms with Gasteiger partial charge in [-0.1, -0.05) is 48.5 Å². The maximum Gasteiger partial charge on any atom is 0.407 e. The number of carbonyl (C=O) groups excluding carboxylic acids is 2. The molecule has 0 aromatic heterocycles. The molecule has 0 bridgehead atoms. The third kappa shape index (κ3) is 5.62. The van der Waals surface area contributed by atoms with Crippen molar-refractivity contribution in [3.63, 3.8) is 0 Å². The molecule has 2 amide bonds. The van der Waals surface area contributed by atoms with Crippen LogP contribution >= 0.6 is 11.8 Å². The molecule has 1 fully saturated rings. The van der Waals surface area contributed by atoms with E-state index in [2.05, 4.69) is 29.6 Å². The zero-order valence-electron chi connectivity index (χ0n) is 19.9. The summed E-state index contributed by atoms with van der Waals surface area (Å²) in [5, 5.41) is 11.6. The van der Waals surface area contributed by atoms with Gasteiger partial charge < -0.3 is 24.8 Å². The standard InChI is InChI=1S/C26H30N2O6S/c1-26(34-14-23(29)30)15-28(16-26)24(31)22(11-12-35-2)27-25(32)33-13-21-19-9-5-3-7-17(19)18-8-4-6-10-20(18)21/h3-10,21-22H,11-16H2,1-2H3,(H,27,32)(H,29,30). The Hall–Kier alpha value is -3.04. The molecule has 2 aromatic carbocycles. The number of amides is 2. The first-order chi connectivity index (χ1) is 16.8. The van der Waals surface area contributed by atoms with Gasteiger partial charge in [0, 0.05) is 5.92 Å². The molecule has 0 spiro atoms. The van der Waals surface area contributed by atoms with Crippen molar-refractivity contribution in [2.45, 2.75) is 30.9 Å². The Bertz CT molecular complexity index is 1060. The zero-order chi connectivity index (χ0) is 25.0. The summed E-state index contributed by atoms with van der Waals surface area (Å²) in [5.41, 5.74) is 3.85. The first kappa shape index (κ1) is 25.1. The van der Waals surface area contributed by atoms with Crippen molar-refractivity contribution in [1.82, 2.24) is 10.2 Å². The van der Waals surface area contributed by atoms with Gasteiger partial charge in [-0.15, -0.1) is 0 Å². The molecule has 0 saturated carbocycles. The van der Waals surface area contributed by atoms with Crippen LogP contribution < -0.4 is 5.32 Å². The van der Waals surface area contributed by atoms with Crippen molar-refractivity contribution >= 4 is 29.7 Å². The predicted molar refractivity (Wildman–Crippen MR) is 134 cm³/mol. The van der Waals surface area contributed by atoms with Gasteiger partial charge in [-0.3, -0.25) is 4.79 Å². The molecule has 2 aliphatic rings. The van der Waals surface area contributed by atoms with Crippen LogP contribution in [0.1, 0.15) is 30.4 Å². The highest BCUT2D eigenvalue weighted by atomic mass is 32.2. The average Bonchev–Trinajstić information content (AvgIpc) is 3.15. The first-order valence-electron chi connectivity index (χ1n) is 11.6. The molecule has 2 aromatic rings. The number of aliphatic carboxylic acids is 1. The second-order valence-electron chi connectivity index (χ2n) is 9.13. The van der Waals surface area contributed by atoms with E-state index in [1.54, 1.807) is 23.6 Å². The summed E-state index contributed by atoms with van der Waals surface area (Å²) in [5.74, 6) is -0.633. The number of hydrogen-bond acceptors (Lipinski definition) is 6. The summed E-state index contributed by atoms with van der Waals surface area (Å²) >= 11 is 1.59. The number of carboxylic acid groups (broad SMARTS) is 1. The van der Waals surface area contributed by atoms with Gasteiger partial charge in [0.15, 0.2) is 0 Å².